The highest BCUT2D eigenvalue weighted by Crippen LogP contribution is 2.23. The Labute approximate surface area is 203 Å². The zero-order valence-electron chi connectivity index (χ0n) is 18.5. The standard InChI is InChI=1S/C23H30Cl2N4O4/c24-18-4-2-17(16-19(18)25)3-5-20(30)29-11-6-21(31)28(14-15-29)10-1-9-27-12-7-23(33,8-13-27)22(26)32/h2-5,16,33H,1,6-15H2,(H2,26,32). The molecular formula is C23H30Cl2N4O4. The van der Waals surface area contributed by atoms with Crippen LogP contribution >= 0.6 is 23.2 Å². The lowest BCUT2D eigenvalue weighted by Gasteiger charge is -2.36. The van der Waals surface area contributed by atoms with E-state index < -0.39 is 11.5 Å². The second kappa shape index (κ2) is 11.3. The van der Waals surface area contributed by atoms with E-state index in [-0.39, 0.29) is 11.8 Å². The molecule has 3 rings (SSSR count). The fourth-order valence-electron chi connectivity index (χ4n) is 4.09. The Morgan fingerprint density at radius 2 is 1.79 bits per heavy atom. The van der Waals surface area contributed by atoms with Crippen molar-refractivity contribution >= 4 is 47.0 Å². The van der Waals surface area contributed by atoms with Crippen LogP contribution in [0.1, 0.15) is 31.2 Å². The molecule has 2 aliphatic heterocycles. The summed E-state index contributed by atoms with van der Waals surface area (Å²) >= 11 is 11.9. The summed E-state index contributed by atoms with van der Waals surface area (Å²) in [5, 5.41) is 11.0. The average molecular weight is 497 g/mol. The van der Waals surface area contributed by atoms with Gasteiger partial charge < -0.3 is 25.5 Å². The van der Waals surface area contributed by atoms with Gasteiger partial charge in [0.25, 0.3) is 0 Å². The molecule has 1 aromatic rings. The van der Waals surface area contributed by atoms with Crippen molar-refractivity contribution < 1.29 is 19.5 Å². The first kappa shape index (κ1) is 25.5. The lowest BCUT2D eigenvalue weighted by molar-refractivity contribution is -0.141. The quantitative estimate of drug-likeness (QED) is 0.559. The van der Waals surface area contributed by atoms with E-state index in [9.17, 15) is 19.5 Å². The second-order valence-electron chi connectivity index (χ2n) is 8.55. The number of nitrogens with two attached hydrogens (primary N) is 1. The number of likely N-dealkylation sites (tertiary alicyclic amines) is 1. The highest BCUT2D eigenvalue weighted by atomic mass is 35.5. The summed E-state index contributed by atoms with van der Waals surface area (Å²) in [4.78, 5) is 42.1. The Hall–Kier alpha value is -2.13. The second-order valence-corrected chi connectivity index (χ2v) is 9.37. The molecule has 2 saturated heterocycles. The van der Waals surface area contributed by atoms with Gasteiger partial charge in [0.2, 0.25) is 17.7 Å². The number of piperidine rings is 1. The SMILES string of the molecule is NC(=O)C1(O)CCN(CCCN2CCN(C(=O)C=Cc3ccc(Cl)c(Cl)c3)CCC2=O)CC1. The molecule has 3 amide bonds. The molecule has 0 radical (unpaired) electrons. The Morgan fingerprint density at radius 3 is 2.45 bits per heavy atom. The highest BCUT2D eigenvalue weighted by Gasteiger charge is 2.37. The molecule has 2 aliphatic rings. The number of carbonyl (C=O) groups excluding carboxylic acids is 3. The van der Waals surface area contributed by atoms with Crippen molar-refractivity contribution in [2.45, 2.75) is 31.3 Å². The molecule has 3 N–H and O–H groups in total. The van der Waals surface area contributed by atoms with Gasteiger partial charge in [0, 0.05) is 51.8 Å². The number of aliphatic hydroxyl groups is 1. The Balaban J connectivity index is 1.43. The summed E-state index contributed by atoms with van der Waals surface area (Å²) in [5.74, 6) is -0.769. The maximum atomic E-state index is 12.6. The van der Waals surface area contributed by atoms with Gasteiger partial charge in [0.05, 0.1) is 10.0 Å². The van der Waals surface area contributed by atoms with Gasteiger partial charge in [0.1, 0.15) is 5.60 Å². The molecule has 8 nitrogen and oxygen atoms in total. The number of primary amides is 1. The lowest BCUT2D eigenvalue weighted by Crippen LogP contribution is -2.52. The third-order valence-corrected chi connectivity index (χ3v) is 7.05. The van der Waals surface area contributed by atoms with E-state index in [0.29, 0.717) is 68.6 Å². The van der Waals surface area contributed by atoms with Gasteiger partial charge in [-0.25, -0.2) is 0 Å². The number of rotatable bonds is 7. The van der Waals surface area contributed by atoms with Crippen molar-refractivity contribution in [1.82, 2.24) is 14.7 Å². The van der Waals surface area contributed by atoms with Crippen molar-refractivity contribution in [3.63, 3.8) is 0 Å². The van der Waals surface area contributed by atoms with Crippen molar-refractivity contribution in [1.29, 1.82) is 0 Å². The molecule has 2 fully saturated rings. The zero-order valence-corrected chi connectivity index (χ0v) is 20.0. The number of carbonyl (C=O) groups is 3. The zero-order chi connectivity index (χ0) is 24.0. The summed E-state index contributed by atoms with van der Waals surface area (Å²) < 4.78 is 0. The van der Waals surface area contributed by atoms with Gasteiger partial charge in [-0.05, 0) is 49.6 Å². The molecule has 0 aliphatic carbocycles. The molecule has 0 saturated carbocycles. The number of hydrogen-bond donors (Lipinski definition) is 2. The van der Waals surface area contributed by atoms with E-state index in [1.807, 2.05) is 0 Å². The van der Waals surface area contributed by atoms with Crippen LogP contribution in [0.5, 0.6) is 0 Å². The van der Waals surface area contributed by atoms with Gasteiger partial charge in [-0.1, -0.05) is 29.3 Å². The first-order valence-electron chi connectivity index (χ1n) is 11.1. The lowest BCUT2D eigenvalue weighted by atomic mass is 9.91. The molecule has 0 unspecified atom stereocenters. The predicted molar refractivity (Wildman–Crippen MR) is 128 cm³/mol. The molecule has 10 heteroatoms. The van der Waals surface area contributed by atoms with Crippen LogP contribution in [0.25, 0.3) is 6.08 Å². The molecule has 0 aromatic heterocycles. The number of nitrogens with zero attached hydrogens (tertiary/aromatic N) is 3. The Bertz CT molecular complexity index is 916. The van der Waals surface area contributed by atoms with E-state index >= 15 is 0 Å². The van der Waals surface area contributed by atoms with Crippen LogP contribution in [0, 0.1) is 0 Å². The van der Waals surface area contributed by atoms with Crippen LogP contribution in [-0.4, -0.2) is 88.9 Å². The summed E-state index contributed by atoms with van der Waals surface area (Å²) in [6, 6.07) is 5.15. The van der Waals surface area contributed by atoms with Gasteiger partial charge >= 0.3 is 0 Å². The average Bonchev–Trinajstić information content (AvgIpc) is 2.97. The van der Waals surface area contributed by atoms with Gasteiger partial charge in [-0.3, -0.25) is 14.4 Å². The summed E-state index contributed by atoms with van der Waals surface area (Å²) in [6.07, 6.45) is 4.92. The van der Waals surface area contributed by atoms with Crippen LogP contribution < -0.4 is 5.73 Å². The molecule has 2 heterocycles. The minimum Gasteiger partial charge on any atom is -0.380 e. The predicted octanol–water partition coefficient (Wildman–Crippen LogP) is 1.77. The molecule has 180 valence electrons. The van der Waals surface area contributed by atoms with Crippen LogP contribution in [0.3, 0.4) is 0 Å². The van der Waals surface area contributed by atoms with Crippen LogP contribution in [0.4, 0.5) is 0 Å². The third kappa shape index (κ3) is 6.93. The van der Waals surface area contributed by atoms with Gasteiger partial charge in [-0.15, -0.1) is 0 Å². The fraction of sp³-hybridized carbons (Fsp3) is 0.522. The molecule has 1 aromatic carbocycles. The third-order valence-electron chi connectivity index (χ3n) is 6.31. The monoisotopic (exact) mass is 496 g/mol. The Kier molecular flexibility index (Phi) is 8.75. The highest BCUT2D eigenvalue weighted by molar-refractivity contribution is 6.42. The summed E-state index contributed by atoms with van der Waals surface area (Å²) in [5.41, 5.74) is 4.65. The van der Waals surface area contributed by atoms with Crippen LogP contribution in [0.15, 0.2) is 24.3 Å². The minimum absolute atomic E-state index is 0.0421. The summed E-state index contributed by atoms with van der Waals surface area (Å²) in [7, 11) is 0. The number of benzene rings is 1. The first-order valence-corrected chi connectivity index (χ1v) is 11.9. The van der Waals surface area contributed by atoms with E-state index in [4.69, 9.17) is 28.9 Å². The van der Waals surface area contributed by atoms with Crippen LogP contribution in [-0.2, 0) is 14.4 Å². The number of amides is 3. The van der Waals surface area contributed by atoms with Crippen molar-refractivity contribution in [3.8, 4) is 0 Å². The topological polar surface area (TPSA) is 107 Å². The molecule has 0 spiro atoms. The Morgan fingerprint density at radius 1 is 1.06 bits per heavy atom. The number of halogens is 2. The first-order chi connectivity index (χ1) is 15.7. The van der Waals surface area contributed by atoms with Crippen molar-refractivity contribution in [2.24, 2.45) is 5.73 Å². The van der Waals surface area contributed by atoms with E-state index in [1.165, 1.54) is 6.08 Å². The fourth-order valence-corrected chi connectivity index (χ4v) is 4.40. The minimum atomic E-state index is -1.40. The smallest absolute Gasteiger partial charge is 0.249 e. The molecule has 0 atom stereocenters. The largest absolute Gasteiger partial charge is 0.380 e. The van der Waals surface area contributed by atoms with E-state index in [0.717, 1.165) is 18.5 Å². The maximum absolute atomic E-state index is 12.6. The molecule has 33 heavy (non-hydrogen) atoms. The van der Waals surface area contributed by atoms with Crippen molar-refractivity contribution in [3.05, 3.63) is 39.9 Å². The van der Waals surface area contributed by atoms with E-state index in [2.05, 4.69) is 4.90 Å². The van der Waals surface area contributed by atoms with Crippen molar-refractivity contribution in [2.75, 3.05) is 45.8 Å². The van der Waals surface area contributed by atoms with Crippen LogP contribution in [0.2, 0.25) is 10.0 Å². The normalized spacial score (nSPS) is 19.7. The molecule has 0 bridgehead atoms. The molecular weight excluding hydrogens is 467 g/mol. The van der Waals surface area contributed by atoms with Gasteiger partial charge in [0.15, 0.2) is 0 Å². The van der Waals surface area contributed by atoms with Gasteiger partial charge in [-0.2, -0.15) is 0 Å². The van der Waals surface area contributed by atoms with E-state index in [1.54, 1.807) is 34.1 Å². The number of hydrogen-bond acceptors (Lipinski definition) is 5. The maximum Gasteiger partial charge on any atom is 0.249 e. The summed E-state index contributed by atoms with van der Waals surface area (Å²) in [6.45, 7) is 3.93.